The smallest absolute Gasteiger partial charge is 0.223 e. The van der Waals surface area contributed by atoms with E-state index in [0.717, 1.165) is 36.8 Å². The van der Waals surface area contributed by atoms with Crippen LogP contribution in [-0.2, 0) is 17.9 Å². The maximum absolute atomic E-state index is 12.1. The van der Waals surface area contributed by atoms with Crippen molar-refractivity contribution in [3.8, 4) is 0 Å². The van der Waals surface area contributed by atoms with Crippen LogP contribution >= 0.6 is 0 Å². The zero-order valence-corrected chi connectivity index (χ0v) is 12.0. The van der Waals surface area contributed by atoms with Gasteiger partial charge in [-0.2, -0.15) is 0 Å². The monoisotopic (exact) mass is 263 g/mol. The van der Waals surface area contributed by atoms with Crippen LogP contribution < -0.4 is 5.32 Å². The summed E-state index contributed by atoms with van der Waals surface area (Å²) in [5.74, 6) is 0.257. The number of nitrogens with one attached hydrogen (secondary N) is 1. The van der Waals surface area contributed by atoms with Crippen molar-refractivity contribution in [3.63, 3.8) is 0 Å². The molecule has 0 spiro atoms. The van der Waals surface area contributed by atoms with Crippen LogP contribution in [0.25, 0.3) is 0 Å². The van der Waals surface area contributed by atoms with E-state index in [2.05, 4.69) is 19.2 Å². The molecule has 0 saturated heterocycles. The van der Waals surface area contributed by atoms with Gasteiger partial charge >= 0.3 is 0 Å². The van der Waals surface area contributed by atoms with Crippen molar-refractivity contribution >= 4 is 5.91 Å². The Labute approximate surface area is 116 Å². The maximum Gasteiger partial charge on any atom is 0.223 e. The normalized spacial score (nSPS) is 10.7. The maximum atomic E-state index is 12.1. The minimum absolute atomic E-state index is 0.0133. The summed E-state index contributed by atoms with van der Waals surface area (Å²) in [6.45, 7) is 4.73. The molecule has 0 unspecified atom stereocenters. The number of hydrogen-bond donors (Lipinski definition) is 2. The molecule has 0 atom stereocenters. The molecule has 0 fully saturated rings. The second-order valence-corrected chi connectivity index (χ2v) is 4.92. The Morgan fingerprint density at radius 3 is 2.26 bits per heavy atom. The molecule has 0 heterocycles. The molecule has 0 aliphatic carbocycles. The molecule has 0 saturated carbocycles. The lowest BCUT2D eigenvalue weighted by molar-refractivity contribution is -0.125. The van der Waals surface area contributed by atoms with Gasteiger partial charge in [0, 0.05) is 12.5 Å². The quantitative estimate of drug-likeness (QED) is 0.757. The molecule has 3 heteroatoms. The summed E-state index contributed by atoms with van der Waals surface area (Å²) in [5.41, 5.74) is 1.87. The Balaban J connectivity index is 2.56. The number of amides is 1. The van der Waals surface area contributed by atoms with Crippen LogP contribution in [0.1, 0.15) is 50.7 Å². The standard InChI is InChI=1S/C16H25NO2/c1-3-7-13(8-4-2)16(19)17-11-14-9-5-6-10-15(14)12-18/h5-6,9-10,13,18H,3-4,7-8,11-12H2,1-2H3,(H,17,19). The van der Waals surface area contributed by atoms with E-state index in [9.17, 15) is 9.90 Å². The molecular weight excluding hydrogens is 238 g/mol. The topological polar surface area (TPSA) is 49.3 Å². The summed E-state index contributed by atoms with van der Waals surface area (Å²) < 4.78 is 0. The summed E-state index contributed by atoms with van der Waals surface area (Å²) in [7, 11) is 0. The zero-order valence-electron chi connectivity index (χ0n) is 12.0. The van der Waals surface area contributed by atoms with Crippen LogP contribution in [0.15, 0.2) is 24.3 Å². The van der Waals surface area contributed by atoms with Gasteiger partial charge in [-0.15, -0.1) is 0 Å². The highest BCUT2D eigenvalue weighted by Gasteiger charge is 2.16. The average molecular weight is 263 g/mol. The number of carbonyl (C=O) groups is 1. The van der Waals surface area contributed by atoms with Crippen LogP contribution in [0.2, 0.25) is 0 Å². The van der Waals surface area contributed by atoms with E-state index in [4.69, 9.17) is 0 Å². The highest BCUT2D eigenvalue weighted by Crippen LogP contribution is 2.14. The molecule has 106 valence electrons. The Kier molecular flexibility index (Phi) is 7.19. The number of aliphatic hydroxyl groups is 1. The first-order chi connectivity index (χ1) is 9.22. The van der Waals surface area contributed by atoms with Gasteiger partial charge in [0.15, 0.2) is 0 Å². The van der Waals surface area contributed by atoms with E-state index in [1.54, 1.807) is 0 Å². The fraction of sp³-hybridized carbons (Fsp3) is 0.562. The molecule has 1 rings (SSSR count). The summed E-state index contributed by atoms with van der Waals surface area (Å²) in [5, 5.41) is 12.2. The average Bonchev–Trinajstić information content (AvgIpc) is 2.44. The van der Waals surface area contributed by atoms with Gasteiger partial charge in [0.1, 0.15) is 0 Å². The Bertz CT molecular complexity index is 384. The predicted molar refractivity (Wildman–Crippen MR) is 77.5 cm³/mol. The van der Waals surface area contributed by atoms with E-state index in [1.165, 1.54) is 0 Å². The molecule has 19 heavy (non-hydrogen) atoms. The second-order valence-electron chi connectivity index (χ2n) is 4.92. The summed E-state index contributed by atoms with van der Waals surface area (Å²) >= 11 is 0. The SMILES string of the molecule is CCCC(CCC)C(=O)NCc1ccccc1CO. The van der Waals surface area contributed by atoms with Gasteiger partial charge in [-0.05, 0) is 24.0 Å². The van der Waals surface area contributed by atoms with Gasteiger partial charge in [0.25, 0.3) is 0 Å². The highest BCUT2D eigenvalue weighted by molar-refractivity contribution is 5.78. The lowest BCUT2D eigenvalue weighted by atomic mass is 9.97. The van der Waals surface area contributed by atoms with Crippen molar-refractivity contribution in [2.75, 3.05) is 0 Å². The lowest BCUT2D eigenvalue weighted by Crippen LogP contribution is -2.30. The van der Waals surface area contributed by atoms with Crippen molar-refractivity contribution in [1.82, 2.24) is 5.32 Å². The highest BCUT2D eigenvalue weighted by atomic mass is 16.3. The fourth-order valence-electron chi connectivity index (χ4n) is 2.31. The van der Waals surface area contributed by atoms with E-state index >= 15 is 0 Å². The minimum Gasteiger partial charge on any atom is -0.392 e. The Morgan fingerprint density at radius 1 is 1.16 bits per heavy atom. The van der Waals surface area contributed by atoms with Gasteiger partial charge in [-0.25, -0.2) is 0 Å². The lowest BCUT2D eigenvalue weighted by Gasteiger charge is -2.16. The number of carbonyl (C=O) groups excluding carboxylic acids is 1. The molecule has 0 aliphatic heterocycles. The van der Waals surface area contributed by atoms with Crippen LogP contribution in [0.4, 0.5) is 0 Å². The molecule has 3 nitrogen and oxygen atoms in total. The van der Waals surface area contributed by atoms with Gasteiger partial charge in [-0.1, -0.05) is 51.0 Å². The third kappa shape index (κ3) is 5.03. The van der Waals surface area contributed by atoms with Gasteiger partial charge in [-0.3, -0.25) is 4.79 Å². The third-order valence-electron chi connectivity index (χ3n) is 3.39. The van der Waals surface area contributed by atoms with Gasteiger partial charge in [0.05, 0.1) is 6.61 Å². The molecule has 2 N–H and O–H groups in total. The number of rotatable bonds is 8. The first kappa shape index (κ1) is 15.7. The summed E-state index contributed by atoms with van der Waals surface area (Å²) in [6.07, 6.45) is 3.96. The van der Waals surface area contributed by atoms with Crippen molar-refractivity contribution in [1.29, 1.82) is 0 Å². The molecular formula is C16H25NO2. The van der Waals surface area contributed by atoms with E-state index in [1.807, 2.05) is 24.3 Å². The Morgan fingerprint density at radius 2 is 1.74 bits per heavy atom. The number of benzene rings is 1. The van der Waals surface area contributed by atoms with Crippen molar-refractivity contribution in [3.05, 3.63) is 35.4 Å². The zero-order chi connectivity index (χ0) is 14.1. The van der Waals surface area contributed by atoms with E-state index < -0.39 is 0 Å². The molecule has 0 radical (unpaired) electrons. The van der Waals surface area contributed by atoms with Crippen LogP contribution in [0.5, 0.6) is 0 Å². The first-order valence-electron chi connectivity index (χ1n) is 7.18. The number of aliphatic hydroxyl groups excluding tert-OH is 1. The van der Waals surface area contributed by atoms with Crippen LogP contribution in [-0.4, -0.2) is 11.0 Å². The fourth-order valence-corrected chi connectivity index (χ4v) is 2.31. The van der Waals surface area contributed by atoms with Crippen LogP contribution in [0.3, 0.4) is 0 Å². The van der Waals surface area contributed by atoms with Gasteiger partial charge < -0.3 is 10.4 Å². The summed E-state index contributed by atoms with van der Waals surface area (Å²) in [4.78, 5) is 12.1. The second kappa shape index (κ2) is 8.70. The van der Waals surface area contributed by atoms with E-state index in [-0.39, 0.29) is 18.4 Å². The van der Waals surface area contributed by atoms with E-state index in [0.29, 0.717) is 6.54 Å². The molecule has 1 amide bonds. The van der Waals surface area contributed by atoms with Crippen molar-refractivity contribution in [2.45, 2.75) is 52.7 Å². The largest absolute Gasteiger partial charge is 0.392 e. The van der Waals surface area contributed by atoms with Crippen molar-refractivity contribution < 1.29 is 9.90 Å². The predicted octanol–water partition coefficient (Wildman–Crippen LogP) is 3.01. The molecule has 0 aromatic heterocycles. The molecule has 1 aromatic rings. The first-order valence-corrected chi connectivity index (χ1v) is 7.18. The molecule has 1 aromatic carbocycles. The number of hydrogen-bond acceptors (Lipinski definition) is 2. The van der Waals surface area contributed by atoms with Gasteiger partial charge in [0.2, 0.25) is 5.91 Å². The Hall–Kier alpha value is -1.35. The molecule has 0 aliphatic rings. The molecule has 0 bridgehead atoms. The summed E-state index contributed by atoms with van der Waals surface area (Å²) in [6, 6.07) is 7.65. The minimum atomic E-state index is 0.0133. The third-order valence-corrected chi connectivity index (χ3v) is 3.39. The van der Waals surface area contributed by atoms with Crippen molar-refractivity contribution in [2.24, 2.45) is 5.92 Å². The van der Waals surface area contributed by atoms with Crippen LogP contribution in [0, 0.1) is 5.92 Å².